The third kappa shape index (κ3) is 4.68. The summed E-state index contributed by atoms with van der Waals surface area (Å²) >= 11 is 0. The number of fused-ring (bicyclic) bond motifs is 1. The highest BCUT2D eigenvalue weighted by atomic mass is 16.5. The zero-order valence-corrected chi connectivity index (χ0v) is 18.3. The minimum atomic E-state index is -0.0137. The molecule has 0 bridgehead atoms. The molecule has 4 rings (SSSR count). The molecule has 6 nitrogen and oxygen atoms in total. The lowest BCUT2D eigenvalue weighted by atomic mass is 9.85. The van der Waals surface area contributed by atoms with Crippen LogP contribution in [0.25, 0.3) is 11.0 Å². The van der Waals surface area contributed by atoms with E-state index in [2.05, 4.69) is 24.1 Å². The zero-order chi connectivity index (χ0) is 20.9. The van der Waals surface area contributed by atoms with E-state index in [0.717, 1.165) is 49.1 Å². The van der Waals surface area contributed by atoms with Crippen molar-refractivity contribution >= 4 is 22.8 Å². The van der Waals surface area contributed by atoms with Gasteiger partial charge >= 0.3 is 0 Å². The van der Waals surface area contributed by atoms with Crippen LogP contribution >= 0.6 is 0 Å². The molecule has 0 radical (unpaired) electrons. The largest absolute Gasteiger partial charge is 0.475 e. The molecule has 2 aliphatic rings. The quantitative estimate of drug-likeness (QED) is 0.768. The Bertz CT molecular complexity index is 871. The van der Waals surface area contributed by atoms with E-state index in [1.165, 1.54) is 19.3 Å². The third-order valence-electron chi connectivity index (χ3n) is 6.50. The highest BCUT2D eigenvalue weighted by molar-refractivity contribution is 5.81. The number of para-hydroxylation sites is 2. The Labute approximate surface area is 179 Å². The van der Waals surface area contributed by atoms with Crippen LogP contribution in [-0.4, -0.2) is 41.6 Å². The Kier molecular flexibility index (Phi) is 6.70. The number of nitrogens with zero attached hydrogens (tertiary/aromatic N) is 3. The van der Waals surface area contributed by atoms with Gasteiger partial charge in [0.05, 0.1) is 23.6 Å². The number of hydrogen-bond donors (Lipinski definition) is 1. The second kappa shape index (κ2) is 9.63. The molecule has 1 aromatic heterocycles. The van der Waals surface area contributed by atoms with E-state index >= 15 is 0 Å². The molecule has 2 fully saturated rings. The molecule has 1 N–H and O–H groups in total. The lowest BCUT2D eigenvalue weighted by Crippen LogP contribution is -2.48. The molecule has 30 heavy (non-hydrogen) atoms. The predicted octanol–water partition coefficient (Wildman–Crippen LogP) is 4.33. The van der Waals surface area contributed by atoms with Crippen LogP contribution in [0.4, 0.5) is 5.82 Å². The van der Waals surface area contributed by atoms with Crippen molar-refractivity contribution in [2.75, 3.05) is 24.6 Å². The summed E-state index contributed by atoms with van der Waals surface area (Å²) in [6, 6.07) is 8.21. The second-order valence-electron chi connectivity index (χ2n) is 8.85. The minimum Gasteiger partial charge on any atom is -0.475 e. The fourth-order valence-corrected chi connectivity index (χ4v) is 4.69. The number of aromatic nitrogens is 2. The van der Waals surface area contributed by atoms with Crippen molar-refractivity contribution in [2.45, 2.75) is 64.8 Å². The number of rotatable bonds is 6. The van der Waals surface area contributed by atoms with Crippen LogP contribution in [-0.2, 0) is 4.79 Å². The van der Waals surface area contributed by atoms with E-state index in [1.807, 2.05) is 24.3 Å². The van der Waals surface area contributed by atoms with Gasteiger partial charge < -0.3 is 15.0 Å². The maximum atomic E-state index is 13.1. The molecular formula is C24H34N4O2. The molecule has 0 spiro atoms. The Hall–Kier alpha value is -2.37. The fourth-order valence-electron chi connectivity index (χ4n) is 4.69. The van der Waals surface area contributed by atoms with Gasteiger partial charge in [-0.2, -0.15) is 0 Å². The number of anilines is 1. The van der Waals surface area contributed by atoms with E-state index in [9.17, 15) is 4.79 Å². The van der Waals surface area contributed by atoms with Crippen LogP contribution in [0, 0.1) is 11.8 Å². The van der Waals surface area contributed by atoms with E-state index in [0.29, 0.717) is 31.0 Å². The first kappa shape index (κ1) is 20.9. The standard InChI is InChI=1S/C24H34N4O2/c1-3-15-30-24-22(25-20-12-6-7-13-21(20)27-24)28-14-8-10-18(16-28)23(29)26-19-11-5-4-9-17(19)2/h6-7,12-13,17-19H,3-5,8-11,14-16H2,1-2H3,(H,26,29)/t17-,18+,19-/m1/s1. The summed E-state index contributed by atoms with van der Waals surface area (Å²) in [5.74, 6) is 2.11. The van der Waals surface area contributed by atoms with Crippen LogP contribution in [0.3, 0.4) is 0 Å². The number of piperidine rings is 1. The second-order valence-corrected chi connectivity index (χ2v) is 8.85. The molecule has 2 aromatic rings. The van der Waals surface area contributed by atoms with Crippen LogP contribution in [0.15, 0.2) is 24.3 Å². The lowest BCUT2D eigenvalue weighted by Gasteiger charge is -2.35. The van der Waals surface area contributed by atoms with Gasteiger partial charge in [0.25, 0.3) is 5.88 Å². The first-order chi connectivity index (χ1) is 14.7. The fraction of sp³-hybridized carbons (Fsp3) is 0.625. The molecule has 1 amide bonds. The predicted molar refractivity (Wildman–Crippen MR) is 120 cm³/mol. The minimum absolute atomic E-state index is 0.0137. The molecule has 1 saturated carbocycles. The number of hydrogen-bond acceptors (Lipinski definition) is 5. The molecule has 3 atom stereocenters. The summed E-state index contributed by atoms with van der Waals surface area (Å²) in [6.07, 6.45) is 7.64. The van der Waals surface area contributed by atoms with Crippen molar-refractivity contribution in [3.8, 4) is 5.88 Å². The van der Waals surface area contributed by atoms with E-state index in [1.54, 1.807) is 0 Å². The van der Waals surface area contributed by atoms with Gasteiger partial charge in [-0.3, -0.25) is 4.79 Å². The SMILES string of the molecule is CCCOc1nc2ccccc2nc1N1CCC[C@H](C(=O)N[C@@H]2CCCC[C@H]2C)C1. The number of carbonyl (C=O) groups is 1. The monoisotopic (exact) mass is 410 g/mol. The molecular weight excluding hydrogens is 376 g/mol. The van der Waals surface area contributed by atoms with Crippen LogP contribution in [0.5, 0.6) is 5.88 Å². The molecule has 1 aliphatic carbocycles. The van der Waals surface area contributed by atoms with E-state index < -0.39 is 0 Å². The maximum Gasteiger partial charge on any atom is 0.258 e. The Morgan fingerprint density at radius 1 is 1.13 bits per heavy atom. The van der Waals surface area contributed by atoms with Crippen LogP contribution in [0.1, 0.15) is 58.8 Å². The maximum absolute atomic E-state index is 13.1. The van der Waals surface area contributed by atoms with E-state index in [-0.39, 0.29) is 11.8 Å². The molecule has 2 heterocycles. The summed E-state index contributed by atoms with van der Waals surface area (Å²) < 4.78 is 5.96. The number of nitrogens with one attached hydrogen (secondary N) is 1. The third-order valence-corrected chi connectivity index (χ3v) is 6.50. The Balaban J connectivity index is 1.52. The van der Waals surface area contributed by atoms with Gasteiger partial charge in [0.2, 0.25) is 5.91 Å². The van der Waals surface area contributed by atoms with Gasteiger partial charge in [-0.15, -0.1) is 0 Å². The van der Waals surface area contributed by atoms with Crippen LogP contribution in [0.2, 0.25) is 0 Å². The normalized spacial score (nSPS) is 24.6. The van der Waals surface area contributed by atoms with Crippen LogP contribution < -0.4 is 15.0 Å². The van der Waals surface area contributed by atoms with Crippen molar-refractivity contribution in [2.24, 2.45) is 11.8 Å². The molecule has 1 aromatic carbocycles. The molecule has 162 valence electrons. The number of ether oxygens (including phenoxy) is 1. The number of benzene rings is 1. The first-order valence-electron chi connectivity index (χ1n) is 11.6. The summed E-state index contributed by atoms with van der Waals surface area (Å²) in [6.45, 7) is 6.50. The van der Waals surface area contributed by atoms with Crippen molar-refractivity contribution < 1.29 is 9.53 Å². The highest BCUT2D eigenvalue weighted by Gasteiger charge is 2.31. The van der Waals surface area contributed by atoms with Crippen molar-refractivity contribution in [3.63, 3.8) is 0 Å². The summed E-state index contributed by atoms with van der Waals surface area (Å²) in [5.41, 5.74) is 1.70. The number of amides is 1. The van der Waals surface area contributed by atoms with Gasteiger partial charge in [0.15, 0.2) is 5.82 Å². The summed E-state index contributed by atoms with van der Waals surface area (Å²) in [5, 5.41) is 3.36. The van der Waals surface area contributed by atoms with Gasteiger partial charge in [-0.05, 0) is 50.2 Å². The summed E-state index contributed by atoms with van der Waals surface area (Å²) in [7, 11) is 0. The topological polar surface area (TPSA) is 67.4 Å². The molecule has 1 saturated heterocycles. The average Bonchev–Trinajstić information content (AvgIpc) is 2.78. The van der Waals surface area contributed by atoms with Gasteiger partial charge in [0, 0.05) is 19.1 Å². The van der Waals surface area contributed by atoms with Gasteiger partial charge in [-0.1, -0.05) is 38.8 Å². The Morgan fingerprint density at radius 2 is 1.90 bits per heavy atom. The number of carbonyl (C=O) groups excluding carboxylic acids is 1. The molecule has 1 aliphatic heterocycles. The highest BCUT2D eigenvalue weighted by Crippen LogP contribution is 2.31. The Morgan fingerprint density at radius 3 is 2.67 bits per heavy atom. The lowest BCUT2D eigenvalue weighted by molar-refractivity contribution is -0.126. The first-order valence-corrected chi connectivity index (χ1v) is 11.6. The van der Waals surface area contributed by atoms with Gasteiger partial charge in [-0.25, -0.2) is 9.97 Å². The van der Waals surface area contributed by atoms with Crippen molar-refractivity contribution in [1.82, 2.24) is 15.3 Å². The average molecular weight is 411 g/mol. The molecule has 6 heteroatoms. The van der Waals surface area contributed by atoms with E-state index in [4.69, 9.17) is 14.7 Å². The summed E-state index contributed by atoms with van der Waals surface area (Å²) in [4.78, 5) is 24.9. The smallest absolute Gasteiger partial charge is 0.258 e. The molecule has 0 unspecified atom stereocenters. The van der Waals surface area contributed by atoms with Crippen molar-refractivity contribution in [3.05, 3.63) is 24.3 Å². The van der Waals surface area contributed by atoms with Gasteiger partial charge in [0.1, 0.15) is 0 Å². The zero-order valence-electron chi connectivity index (χ0n) is 18.3. The van der Waals surface area contributed by atoms with Crippen molar-refractivity contribution in [1.29, 1.82) is 0 Å².